The van der Waals surface area contributed by atoms with Crippen molar-refractivity contribution in [2.24, 2.45) is 5.16 Å². The Morgan fingerprint density at radius 2 is 2.14 bits per heavy atom. The van der Waals surface area contributed by atoms with Gasteiger partial charge in [-0.1, -0.05) is 37.0 Å². The Kier molecular flexibility index (Phi) is 6.10. The number of hydrogen-bond donors (Lipinski definition) is 1. The van der Waals surface area contributed by atoms with Crippen LogP contribution in [0.25, 0.3) is 0 Å². The smallest absolute Gasteiger partial charge is 0.335 e. The third kappa shape index (κ3) is 5.43. The fourth-order valence-corrected chi connectivity index (χ4v) is 0.706. The minimum Gasteiger partial charge on any atom is -0.479 e. The summed E-state index contributed by atoms with van der Waals surface area (Å²) in [4.78, 5) is 15.3. The van der Waals surface area contributed by atoms with Gasteiger partial charge in [-0.15, -0.1) is 0 Å². The summed E-state index contributed by atoms with van der Waals surface area (Å²) in [6.07, 6.45) is 0. The van der Waals surface area contributed by atoms with Crippen LogP contribution in [0.5, 0.6) is 0 Å². The molecule has 1 N–H and O–H groups in total. The van der Waals surface area contributed by atoms with Gasteiger partial charge >= 0.3 is 5.97 Å². The van der Waals surface area contributed by atoms with Crippen molar-refractivity contribution in [1.82, 2.24) is 0 Å². The summed E-state index contributed by atoms with van der Waals surface area (Å²) in [6, 6.07) is 0. The monoisotopic (exact) mass is 331 g/mol. The van der Waals surface area contributed by atoms with Crippen molar-refractivity contribution < 1.29 is 19.5 Å². The number of carbonyl (C=O) groups is 1. The lowest BCUT2D eigenvalue weighted by atomic mass is 10.5. The molecule has 0 rings (SSSR count). The van der Waals surface area contributed by atoms with Crippen molar-refractivity contribution in [3.8, 4) is 0 Å². The number of ether oxygens (including phenoxy) is 1. The molecule has 0 spiro atoms. The molecular formula is C7H11Br2NO4. The van der Waals surface area contributed by atoms with Crippen molar-refractivity contribution >= 4 is 43.7 Å². The summed E-state index contributed by atoms with van der Waals surface area (Å²) in [6.45, 7) is 3.78. The van der Waals surface area contributed by atoms with E-state index in [0.717, 1.165) is 0 Å². The van der Waals surface area contributed by atoms with Gasteiger partial charge in [-0.25, -0.2) is 4.79 Å². The molecule has 0 aromatic rings. The molecule has 0 aliphatic carbocycles. The Hall–Kier alpha value is -0.300. The lowest BCUT2D eigenvalue weighted by Crippen LogP contribution is -2.29. The first-order chi connectivity index (χ1) is 6.40. The molecule has 14 heavy (non-hydrogen) atoms. The predicted molar refractivity (Wildman–Crippen MR) is 58.9 cm³/mol. The maximum absolute atomic E-state index is 10.6. The second kappa shape index (κ2) is 6.23. The third-order valence-corrected chi connectivity index (χ3v) is 2.24. The van der Waals surface area contributed by atoms with Gasteiger partial charge in [-0.3, -0.25) is 0 Å². The second-order valence-corrected chi connectivity index (χ2v) is 6.10. The number of aliphatic carboxylic acids is 1. The van der Waals surface area contributed by atoms with Gasteiger partial charge in [0, 0.05) is 6.92 Å². The summed E-state index contributed by atoms with van der Waals surface area (Å²) in [5.41, 5.74) is 0. The lowest BCUT2D eigenvalue weighted by molar-refractivity contribution is -0.138. The molecule has 0 atom stereocenters. The van der Waals surface area contributed by atoms with Crippen LogP contribution in [0, 0.1) is 0 Å². The molecule has 0 radical (unpaired) electrons. The van der Waals surface area contributed by atoms with Crippen LogP contribution >= 0.6 is 31.9 Å². The molecule has 0 aromatic carbocycles. The molecule has 0 saturated heterocycles. The first-order valence-electron chi connectivity index (χ1n) is 3.80. The Morgan fingerprint density at radius 3 is 2.57 bits per heavy atom. The van der Waals surface area contributed by atoms with Crippen LogP contribution in [0.4, 0.5) is 0 Å². The minimum atomic E-state index is -1.31. The Bertz CT molecular complexity index is 230. The average Bonchev–Trinajstić information content (AvgIpc) is 2.04. The van der Waals surface area contributed by atoms with Crippen LogP contribution in [0.15, 0.2) is 5.16 Å². The number of rotatable bonds is 5. The van der Waals surface area contributed by atoms with Gasteiger partial charge in [0.1, 0.15) is 0 Å². The van der Waals surface area contributed by atoms with E-state index in [9.17, 15) is 4.79 Å². The molecule has 0 aliphatic rings. The molecule has 0 fully saturated rings. The molecule has 82 valence electrons. The molecule has 0 aromatic heterocycles. The Balaban J connectivity index is 3.95. The zero-order valence-corrected chi connectivity index (χ0v) is 11.0. The standard InChI is InChI=1S/C7H11Br2NO4/c1-3-13-5(2)10-14-4-7(8,9)6(11)12/h3-4H2,1-2H3,(H,11,12). The van der Waals surface area contributed by atoms with E-state index in [4.69, 9.17) is 14.7 Å². The van der Waals surface area contributed by atoms with E-state index in [1.807, 2.05) is 6.92 Å². The molecule has 0 heterocycles. The lowest BCUT2D eigenvalue weighted by Gasteiger charge is -2.12. The number of halogens is 2. The molecule has 5 nitrogen and oxygen atoms in total. The maximum Gasteiger partial charge on any atom is 0.335 e. The third-order valence-electron chi connectivity index (χ3n) is 1.11. The number of oxime groups is 1. The number of carboxylic acid groups (broad SMARTS) is 1. The maximum atomic E-state index is 10.6. The topological polar surface area (TPSA) is 68.1 Å². The van der Waals surface area contributed by atoms with Crippen LogP contribution in [0.2, 0.25) is 0 Å². The van der Waals surface area contributed by atoms with Crippen LogP contribution in [-0.2, 0) is 14.4 Å². The van der Waals surface area contributed by atoms with Crippen LogP contribution in [-0.4, -0.2) is 33.4 Å². The number of alkyl halides is 2. The highest BCUT2D eigenvalue weighted by Gasteiger charge is 2.33. The van der Waals surface area contributed by atoms with E-state index < -0.39 is 9.20 Å². The van der Waals surface area contributed by atoms with Crippen molar-refractivity contribution in [2.75, 3.05) is 13.2 Å². The van der Waals surface area contributed by atoms with Gasteiger partial charge in [-0.05, 0) is 6.92 Å². The van der Waals surface area contributed by atoms with Crippen molar-refractivity contribution in [3.05, 3.63) is 0 Å². The van der Waals surface area contributed by atoms with Gasteiger partial charge in [0.15, 0.2) is 6.61 Å². The van der Waals surface area contributed by atoms with Gasteiger partial charge in [-0.2, -0.15) is 0 Å². The molecule has 0 bridgehead atoms. The first kappa shape index (κ1) is 13.7. The molecule has 0 unspecified atom stereocenters. The van der Waals surface area contributed by atoms with Crippen molar-refractivity contribution in [3.63, 3.8) is 0 Å². The van der Waals surface area contributed by atoms with E-state index in [1.165, 1.54) is 0 Å². The summed E-state index contributed by atoms with van der Waals surface area (Å²) < 4.78 is 3.65. The van der Waals surface area contributed by atoms with E-state index >= 15 is 0 Å². The number of carboxylic acids is 1. The SMILES string of the molecule is CCOC(C)=NOCC(Br)(Br)C(=O)O. The number of hydrogen-bond acceptors (Lipinski definition) is 4. The molecule has 0 aliphatic heterocycles. The highest BCUT2D eigenvalue weighted by Crippen LogP contribution is 2.26. The van der Waals surface area contributed by atoms with Gasteiger partial charge < -0.3 is 14.7 Å². The number of nitrogens with zero attached hydrogens (tertiary/aromatic N) is 1. The summed E-state index contributed by atoms with van der Waals surface area (Å²) in [5, 5.41) is 12.2. The first-order valence-corrected chi connectivity index (χ1v) is 5.39. The molecule has 0 saturated carbocycles. The molecule has 0 amide bonds. The Morgan fingerprint density at radius 1 is 1.57 bits per heavy atom. The summed E-state index contributed by atoms with van der Waals surface area (Å²) in [5.74, 6) is -0.726. The normalized spacial score (nSPS) is 12.4. The average molecular weight is 333 g/mol. The van der Waals surface area contributed by atoms with E-state index in [2.05, 4.69) is 37.0 Å². The summed E-state index contributed by atoms with van der Waals surface area (Å²) >= 11 is 5.84. The molecule has 7 heteroatoms. The van der Waals surface area contributed by atoms with Crippen LogP contribution < -0.4 is 0 Å². The van der Waals surface area contributed by atoms with Crippen LogP contribution in [0.1, 0.15) is 13.8 Å². The largest absolute Gasteiger partial charge is 0.479 e. The van der Waals surface area contributed by atoms with E-state index in [1.54, 1.807) is 6.92 Å². The zero-order chi connectivity index (χ0) is 11.2. The highest BCUT2D eigenvalue weighted by molar-refractivity contribution is 9.26. The van der Waals surface area contributed by atoms with E-state index in [-0.39, 0.29) is 6.61 Å². The zero-order valence-electron chi connectivity index (χ0n) is 7.79. The van der Waals surface area contributed by atoms with Crippen LogP contribution in [0.3, 0.4) is 0 Å². The van der Waals surface area contributed by atoms with Gasteiger partial charge in [0.25, 0.3) is 0 Å². The fourth-order valence-electron chi connectivity index (χ4n) is 0.501. The van der Waals surface area contributed by atoms with Gasteiger partial charge in [0.2, 0.25) is 9.13 Å². The quantitative estimate of drug-likeness (QED) is 0.361. The van der Waals surface area contributed by atoms with E-state index in [0.29, 0.717) is 12.5 Å². The Labute approximate surface area is 98.7 Å². The minimum absolute atomic E-state index is 0.146. The fraction of sp³-hybridized carbons (Fsp3) is 0.714. The van der Waals surface area contributed by atoms with Gasteiger partial charge in [0.05, 0.1) is 6.61 Å². The second-order valence-electron chi connectivity index (χ2n) is 2.33. The predicted octanol–water partition coefficient (Wildman–Crippen LogP) is 1.94. The van der Waals surface area contributed by atoms with Crippen molar-refractivity contribution in [2.45, 2.75) is 17.1 Å². The molecular weight excluding hydrogens is 322 g/mol. The van der Waals surface area contributed by atoms with Crippen molar-refractivity contribution in [1.29, 1.82) is 0 Å². The highest BCUT2D eigenvalue weighted by atomic mass is 79.9. The summed E-state index contributed by atoms with van der Waals surface area (Å²) in [7, 11) is 0.